The largest absolute Gasteiger partial charge is 0.328 e. The lowest BCUT2D eigenvalue weighted by molar-refractivity contribution is 0.222. The number of benzene rings is 1. The van der Waals surface area contributed by atoms with Crippen LogP contribution < -0.4 is 5.32 Å². The van der Waals surface area contributed by atoms with Gasteiger partial charge >= 0.3 is 6.03 Å². The molecule has 0 fully saturated rings. The van der Waals surface area contributed by atoms with Crippen LogP contribution in [-0.4, -0.2) is 33.5 Å². The van der Waals surface area contributed by atoms with Crippen molar-refractivity contribution in [3.8, 4) is 0 Å². The Kier molecular flexibility index (Phi) is 7.07. The Balaban J connectivity index is 2.68. The van der Waals surface area contributed by atoms with Crippen LogP contribution in [0.3, 0.4) is 0 Å². The summed E-state index contributed by atoms with van der Waals surface area (Å²) >= 11 is 0. The van der Waals surface area contributed by atoms with Crippen LogP contribution in [0.15, 0.2) is 24.3 Å². The molecule has 0 aliphatic carbocycles. The average Bonchev–Trinajstić information content (AvgIpc) is 2.44. The first-order chi connectivity index (χ1) is 10.2. The van der Waals surface area contributed by atoms with Gasteiger partial charge in [-0.1, -0.05) is 25.5 Å². The molecule has 4 nitrogen and oxygen atoms in total. The fraction of sp³-hybridized carbons (Fsp3) is 0.588. The topological polar surface area (TPSA) is 49.4 Å². The van der Waals surface area contributed by atoms with E-state index in [1.54, 1.807) is 11.9 Å². The van der Waals surface area contributed by atoms with Crippen molar-refractivity contribution in [3.05, 3.63) is 29.8 Å². The highest BCUT2D eigenvalue weighted by molar-refractivity contribution is 7.85. The van der Waals surface area contributed by atoms with E-state index in [-0.39, 0.29) is 10.8 Å². The number of carbonyl (C=O) groups is 1. The van der Waals surface area contributed by atoms with E-state index in [1.165, 1.54) is 0 Å². The maximum atomic E-state index is 12.2. The van der Waals surface area contributed by atoms with Gasteiger partial charge in [-0.05, 0) is 44.9 Å². The molecular formula is C17H28N2O2S. The third-order valence-corrected chi connectivity index (χ3v) is 5.31. The highest BCUT2D eigenvalue weighted by Gasteiger charge is 2.19. The molecule has 0 radical (unpaired) electrons. The van der Waals surface area contributed by atoms with Gasteiger partial charge in [-0.15, -0.1) is 0 Å². The van der Waals surface area contributed by atoms with Crippen molar-refractivity contribution >= 4 is 22.5 Å². The van der Waals surface area contributed by atoms with Gasteiger partial charge in [-0.2, -0.15) is 0 Å². The van der Waals surface area contributed by atoms with Crippen molar-refractivity contribution < 1.29 is 9.00 Å². The van der Waals surface area contributed by atoms with E-state index in [4.69, 9.17) is 0 Å². The third kappa shape index (κ3) is 6.18. The second-order valence-electron chi connectivity index (χ2n) is 6.51. The van der Waals surface area contributed by atoms with E-state index in [9.17, 15) is 9.00 Å². The van der Waals surface area contributed by atoms with E-state index >= 15 is 0 Å². The van der Waals surface area contributed by atoms with E-state index in [0.717, 1.165) is 30.6 Å². The number of nitrogens with one attached hydrogen (secondary N) is 1. The monoisotopic (exact) mass is 324 g/mol. The van der Waals surface area contributed by atoms with Gasteiger partial charge in [-0.25, -0.2) is 4.79 Å². The Morgan fingerprint density at radius 3 is 2.59 bits per heavy atom. The molecule has 1 N–H and O–H groups in total. The van der Waals surface area contributed by atoms with E-state index in [1.807, 2.05) is 45.0 Å². The van der Waals surface area contributed by atoms with Gasteiger partial charge in [0.1, 0.15) is 0 Å². The molecule has 1 aromatic carbocycles. The van der Waals surface area contributed by atoms with Crippen LogP contribution in [0.25, 0.3) is 0 Å². The molecule has 0 saturated heterocycles. The predicted octanol–water partition coefficient (Wildman–Crippen LogP) is 4.00. The lowest BCUT2D eigenvalue weighted by Crippen LogP contribution is -2.32. The van der Waals surface area contributed by atoms with Gasteiger partial charge in [0.15, 0.2) is 0 Å². The number of hydrogen-bond acceptors (Lipinski definition) is 2. The van der Waals surface area contributed by atoms with Crippen LogP contribution in [0.2, 0.25) is 0 Å². The minimum absolute atomic E-state index is 0.109. The summed E-state index contributed by atoms with van der Waals surface area (Å²) in [5.41, 5.74) is 1.72. The van der Waals surface area contributed by atoms with Gasteiger partial charge in [0.25, 0.3) is 0 Å². The summed E-state index contributed by atoms with van der Waals surface area (Å²) in [5, 5.41) is 2.89. The SMILES string of the molecule is CCCCN(C)C(=O)Nc1cccc(CS(=O)C(C)(C)C)c1. The highest BCUT2D eigenvalue weighted by atomic mass is 32.2. The molecule has 2 amide bonds. The van der Waals surface area contributed by atoms with Crippen molar-refractivity contribution in [3.63, 3.8) is 0 Å². The first-order valence-corrected chi connectivity index (χ1v) is 9.05. The molecule has 124 valence electrons. The zero-order chi connectivity index (χ0) is 16.8. The Morgan fingerprint density at radius 2 is 2.00 bits per heavy atom. The molecule has 0 bridgehead atoms. The normalized spacial score (nSPS) is 12.8. The summed E-state index contributed by atoms with van der Waals surface area (Å²) in [5.74, 6) is 0.499. The van der Waals surface area contributed by atoms with Gasteiger partial charge in [0.2, 0.25) is 0 Å². The summed E-state index contributed by atoms with van der Waals surface area (Å²) in [6.45, 7) is 8.76. The minimum atomic E-state index is -0.945. The van der Waals surface area contributed by atoms with Crippen molar-refractivity contribution in [2.24, 2.45) is 0 Å². The number of hydrogen-bond donors (Lipinski definition) is 1. The summed E-state index contributed by atoms with van der Waals surface area (Å²) in [6.07, 6.45) is 2.06. The second-order valence-corrected chi connectivity index (χ2v) is 8.71. The number of anilines is 1. The molecule has 0 spiro atoms. The fourth-order valence-corrected chi connectivity index (χ4v) is 2.74. The van der Waals surface area contributed by atoms with Crippen molar-refractivity contribution in [2.45, 2.75) is 51.0 Å². The molecule has 0 heterocycles. The number of unbranched alkanes of at least 4 members (excludes halogenated alkanes) is 1. The Hall–Kier alpha value is -1.36. The van der Waals surface area contributed by atoms with Crippen LogP contribution >= 0.6 is 0 Å². The maximum Gasteiger partial charge on any atom is 0.321 e. The summed E-state index contributed by atoms with van der Waals surface area (Å²) in [4.78, 5) is 13.7. The van der Waals surface area contributed by atoms with E-state index in [2.05, 4.69) is 12.2 Å². The Labute approximate surface area is 136 Å². The number of rotatable bonds is 6. The lowest BCUT2D eigenvalue weighted by atomic mass is 10.2. The first-order valence-electron chi connectivity index (χ1n) is 7.73. The summed E-state index contributed by atoms with van der Waals surface area (Å²) in [7, 11) is 0.850. The molecule has 1 atom stereocenters. The molecule has 0 saturated carbocycles. The molecule has 0 aromatic heterocycles. The highest BCUT2D eigenvalue weighted by Crippen LogP contribution is 2.18. The van der Waals surface area contributed by atoms with E-state index < -0.39 is 10.8 Å². The van der Waals surface area contributed by atoms with E-state index in [0.29, 0.717) is 5.75 Å². The molecule has 0 aliphatic heterocycles. The average molecular weight is 324 g/mol. The third-order valence-electron chi connectivity index (χ3n) is 3.35. The minimum Gasteiger partial charge on any atom is -0.328 e. The van der Waals surface area contributed by atoms with Crippen molar-refractivity contribution in [1.29, 1.82) is 0 Å². The second kappa shape index (κ2) is 8.32. The predicted molar refractivity (Wildman–Crippen MR) is 94.6 cm³/mol. The summed E-state index contributed by atoms with van der Waals surface area (Å²) < 4.78 is 12.0. The van der Waals surface area contributed by atoms with Crippen LogP contribution in [0.5, 0.6) is 0 Å². The number of amides is 2. The van der Waals surface area contributed by atoms with Crippen molar-refractivity contribution in [1.82, 2.24) is 4.90 Å². The quantitative estimate of drug-likeness (QED) is 0.860. The van der Waals surface area contributed by atoms with Crippen molar-refractivity contribution in [2.75, 3.05) is 18.9 Å². The molecular weight excluding hydrogens is 296 g/mol. The van der Waals surface area contributed by atoms with Crippen LogP contribution in [0.1, 0.15) is 46.1 Å². The Bertz CT molecular complexity index is 524. The van der Waals surface area contributed by atoms with Gasteiger partial charge in [0.05, 0.1) is 0 Å². The van der Waals surface area contributed by atoms with Gasteiger partial charge in [0, 0.05) is 40.6 Å². The van der Waals surface area contributed by atoms with Crippen LogP contribution in [-0.2, 0) is 16.6 Å². The Morgan fingerprint density at radius 1 is 1.32 bits per heavy atom. The number of urea groups is 1. The summed E-state index contributed by atoms with van der Waals surface area (Å²) in [6, 6.07) is 7.48. The molecule has 22 heavy (non-hydrogen) atoms. The van der Waals surface area contributed by atoms with Crippen LogP contribution in [0, 0.1) is 0 Å². The molecule has 1 aromatic rings. The molecule has 1 rings (SSSR count). The maximum absolute atomic E-state index is 12.2. The zero-order valence-electron chi connectivity index (χ0n) is 14.3. The smallest absolute Gasteiger partial charge is 0.321 e. The van der Waals surface area contributed by atoms with Gasteiger partial charge < -0.3 is 10.2 Å². The fourth-order valence-electron chi connectivity index (χ4n) is 1.82. The standard InChI is InChI=1S/C17H28N2O2S/c1-6-7-11-19(5)16(20)18-15-10-8-9-14(12-15)13-22(21)17(2,3)4/h8-10,12H,6-7,11,13H2,1-5H3,(H,18,20). The molecule has 5 heteroatoms. The molecule has 0 aliphatic rings. The zero-order valence-corrected chi connectivity index (χ0v) is 15.1. The lowest BCUT2D eigenvalue weighted by Gasteiger charge is -2.19. The molecule has 1 unspecified atom stereocenters. The van der Waals surface area contributed by atoms with Gasteiger partial charge in [-0.3, -0.25) is 4.21 Å². The number of nitrogens with zero attached hydrogens (tertiary/aromatic N) is 1. The number of carbonyl (C=O) groups excluding carboxylic acids is 1. The van der Waals surface area contributed by atoms with Crippen LogP contribution in [0.4, 0.5) is 10.5 Å². The first kappa shape index (κ1) is 18.7.